The molecule has 0 radical (unpaired) electrons. The van der Waals surface area contributed by atoms with E-state index in [0.29, 0.717) is 5.92 Å². The van der Waals surface area contributed by atoms with E-state index >= 15 is 0 Å². The van der Waals surface area contributed by atoms with Gasteiger partial charge in [0, 0.05) is 10.8 Å². The van der Waals surface area contributed by atoms with Gasteiger partial charge in [-0.25, -0.2) is 4.98 Å². The van der Waals surface area contributed by atoms with E-state index in [1.54, 1.807) is 0 Å². The molecule has 84 valence electrons. The summed E-state index contributed by atoms with van der Waals surface area (Å²) in [7, 11) is 0. The Labute approximate surface area is 95.4 Å². The standard InChI is InChI=1S/C12H19NOS/c1-2-11-10(8-14)13-12(15-11)9-6-4-3-5-7-9/h9,14H,2-8H2,1H3. The molecule has 1 aromatic rings. The smallest absolute Gasteiger partial charge is 0.0963 e. The van der Waals surface area contributed by atoms with Crippen molar-refractivity contribution < 1.29 is 5.11 Å². The van der Waals surface area contributed by atoms with Gasteiger partial charge in [-0.2, -0.15) is 0 Å². The molecule has 2 nitrogen and oxygen atoms in total. The summed E-state index contributed by atoms with van der Waals surface area (Å²) in [6.07, 6.45) is 7.67. The maximum absolute atomic E-state index is 9.21. The third kappa shape index (κ3) is 2.40. The van der Waals surface area contributed by atoms with Crippen LogP contribution in [0.2, 0.25) is 0 Å². The zero-order chi connectivity index (χ0) is 10.7. The molecule has 1 N–H and O–H groups in total. The van der Waals surface area contributed by atoms with Gasteiger partial charge in [0.2, 0.25) is 0 Å². The molecule has 0 aliphatic heterocycles. The van der Waals surface area contributed by atoms with E-state index in [9.17, 15) is 5.11 Å². The Kier molecular flexibility index (Phi) is 3.76. The van der Waals surface area contributed by atoms with Crippen LogP contribution in [0.3, 0.4) is 0 Å². The summed E-state index contributed by atoms with van der Waals surface area (Å²) >= 11 is 1.82. The minimum Gasteiger partial charge on any atom is -0.390 e. The molecule has 0 bridgehead atoms. The Balaban J connectivity index is 2.16. The summed E-state index contributed by atoms with van der Waals surface area (Å²) in [4.78, 5) is 5.87. The lowest BCUT2D eigenvalue weighted by molar-refractivity contribution is 0.276. The molecule has 3 heteroatoms. The Morgan fingerprint density at radius 1 is 1.33 bits per heavy atom. The van der Waals surface area contributed by atoms with Gasteiger partial charge in [-0.1, -0.05) is 26.2 Å². The van der Waals surface area contributed by atoms with Crippen LogP contribution in [0.4, 0.5) is 0 Å². The predicted molar refractivity (Wildman–Crippen MR) is 63.2 cm³/mol. The van der Waals surface area contributed by atoms with Gasteiger partial charge in [0.05, 0.1) is 17.3 Å². The number of aliphatic hydroxyl groups excluding tert-OH is 1. The summed E-state index contributed by atoms with van der Waals surface area (Å²) in [5.74, 6) is 0.675. The third-order valence-corrected chi connectivity index (χ3v) is 4.62. The second kappa shape index (κ2) is 5.08. The van der Waals surface area contributed by atoms with Crippen molar-refractivity contribution in [2.75, 3.05) is 0 Å². The SMILES string of the molecule is CCc1sc(C2CCCCC2)nc1CO. The first-order chi connectivity index (χ1) is 7.35. The average molecular weight is 225 g/mol. The number of thiazole rings is 1. The minimum absolute atomic E-state index is 0.104. The average Bonchev–Trinajstić information content (AvgIpc) is 2.73. The van der Waals surface area contributed by atoms with Gasteiger partial charge in [0.1, 0.15) is 0 Å². The summed E-state index contributed by atoms with van der Waals surface area (Å²) in [6.45, 7) is 2.24. The lowest BCUT2D eigenvalue weighted by Gasteiger charge is -2.18. The maximum atomic E-state index is 9.21. The molecule has 1 saturated carbocycles. The molecule has 0 aromatic carbocycles. The Morgan fingerprint density at radius 3 is 2.60 bits per heavy atom. The quantitative estimate of drug-likeness (QED) is 0.856. The highest BCUT2D eigenvalue weighted by atomic mass is 32.1. The maximum Gasteiger partial charge on any atom is 0.0963 e. The van der Waals surface area contributed by atoms with Crippen LogP contribution in [0, 0.1) is 0 Å². The van der Waals surface area contributed by atoms with Gasteiger partial charge in [-0.05, 0) is 19.3 Å². The first-order valence-electron chi connectivity index (χ1n) is 5.94. The molecule has 0 atom stereocenters. The molecule has 1 heterocycles. The lowest BCUT2D eigenvalue weighted by Crippen LogP contribution is -2.04. The summed E-state index contributed by atoms with van der Waals surface area (Å²) in [5, 5.41) is 10.5. The lowest BCUT2D eigenvalue weighted by atomic mass is 9.90. The number of hydrogen-bond donors (Lipinski definition) is 1. The number of aryl methyl sites for hydroxylation is 1. The van der Waals surface area contributed by atoms with Crippen molar-refractivity contribution in [3.05, 3.63) is 15.6 Å². The van der Waals surface area contributed by atoms with Gasteiger partial charge in [-0.15, -0.1) is 11.3 Å². The van der Waals surface area contributed by atoms with Gasteiger partial charge in [-0.3, -0.25) is 0 Å². The van der Waals surface area contributed by atoms with E-state index in [1.807, 2.05) is 11.3 Å². The van der Waals surface area contributed by atoms with Crippen molar-refractivity contribution in [3.8, 4) is 0 Å². The zero-order valence-electron chi connectivity index (χ0n) is 9.33. The molecule has 0 spiro atoms. The first kappa shape index (κ1) is 11.1. The molecule has 1 aliphatic rings. The highest BCUT2D eigenvalue weighted by molar-refractivity contribution is 7.11. The molecule has 0 unspecified atom stereocenters. The van der Waals surface area contributed by atoms with Crippen LogP contribution in [0.5, 0.6) is 0 Å². The van der Waals surface area contributed by atoms with Crippen molar-refractivity contribution in [1.29, 1.82) is 0 Å². The van der Waals surface area contributed by atoms with E-state index in [1.165, 1.54) is 42.0 Å². The molecule has 1 aromatic heterocycles. The molecular formula is C12H19NOS. The zero-order valence-corrected chi connectivity index (χ0v) is 10.1. The van der Waals surface area contributed by atoms with Crippen molar-refractivity contribution in [2.24, 2.45) is 0 Å². The number of nitrogens with zero attached hydrogens (tertiary/aromatic N) is 1. The van der Waals surface area contributed by atoms with Crippen molar-refractivity contribution in [2.45, 2.75) is 58.0 Å². The highest BCUT2D eigenvalue weighted by Crippen LogP contribution is 2.36. The van der Waals surface area contributed by atoms with Gasteiger partial charge in [0.15, 0.2) is 0 Å². The number of rotatable bonds is 3. The molecular weight excluding hydrogens is 206 g/mol. The monoisotopic (exact) mass is 225 g/mol. The molecule has 1 aliphatic carbocycles. The fraction of sp³-hybridized carbons (Fsp3) is 0.750. The number of aromatic nitrogens is 1. The normalized spacial score (nSPS) is 18.3. The second-order valence-corrected chi connectivity index (χ2v) is 5.38. The first-order valence-corrected chi connectivity index (χ1v) is 6.76. The number of aliphatic hydroxyl groups is 1. The third-order valence-electron chi connectivity index (χ3n) is 3.22. The van der Waals surface area contributed by atoms with Gasteiger partial charge >= 0.3 is 0 Å². The second-order valence-electron chi connectivity index (χ2n) is 4.27. The molecule has 1 fully saturated rings. The van der Waals surface area contributed by atoms with E-state index in [-0.39, 0.29) is 6.61 Å². The summed E-state index contributed by atoms with van der Waals surface area (Å²) in [6, 6.07) is 0. The fourth-order valence-electron chi connectivity index (χ4n) is 2.33. The van der Waals surface area contributed by atoms with Crippen LogP contribution in [0.15, 0.2) is 0 Å². The summed E-state index contributed by atoms with van der Waals surface area (Å²) < 4.78 is 0. The van der Waals surface area contributed by atoms with Crippen molar-refractivity contribution >= 4 is 11.3 Å². The van der Waals surface area contributed by atoms with Crippen LogP contribution in [0.25, 0.3) is 0 Å². The largest absolute Gasteiger partial charge is 0.390 e. The predicted octanol–water partition coefficient (Wildman–Crippen LogP) is 3.25. The Bertz CT molecular complexity index is 294. The van der Waals surface area contributed by atoms with Crippen LogP contribution in [-0.4, -0.2) is 10.1 Å². The Hall–Kier alpha value is -0.410. The Morgan fingerprint density at radius 2 is 2.07 bits per heavy atom. The molecule has 0 saturated heterocycles. The minimum atomic E-state index is 0.104. The molecule has 2 rings (SSSR count). The van der Waals surface area contributed by atoms with Crippen molar-refractivity contribution in [1.82, 2.24) is 4.98 Å². The molecule has 0 amide bonds. The van der Waals surface area contributed by atoms with E-state index in [0.717, 1.165) is 12.1 Å². The molecule has 15 heavy (non-hydrogen) atoms. The van der Waals surface area contributed by atoms with Gasteiger partial charge < -0.3 is 5.11 Å². The fourth-order valence-corrected chi connectivity index (χ4v) is 3.51. The van der Waals surface area contributed by atoms with Crippen LogP contribution < -0.4 is 0 Å². The van der Waals surface area contributed by atoms with Crippen LogP contribution >= 0.6 is 11.3 Å². The van der Waals surface area contributed by atoms with Crippen LogP contribution in [-0.2, 0) is 13.0 Å². The van der Waals surface area contributed by atoms with E-state index in [2.05, 4.69) is 11.9 Å². The summed E-state index contributed by atoms with van der Waals surface area (Å²) in [5.41, 5.74) is 0.920. The van der Waals surface area contributed by atoms with E-state index < -0.39 is 0 Å². The topological polar surface area (TPSA) is 33.1 Å². The van der Waals surface area contributed by atoms with Crippen LogP contribution in [0.1, 0.15) is 60.5 Å². The van der Waals surface area contributed by atoms with E-state index in [4.69, 9.17) is 0 Å². The van der Waals surface area contributed by atoms with Gasteiger partial charge in [0.25, 0.3) is 0 Å². The van der Waals surface area contributed by atoms with Crippen molar-refractivity contribution in [3.63, 3.8) is 0 Å². The number of hydrogen-bond acceptors (Lipinski definition) is 3. The highest BCUT2D eigenvalue weighted by Gasteiger charge is 2.20.